The summed E-state index contributed by atoms with van der Waals surface area (Å²) in [7, 11) is 0. The fraction of sp³-hybridized carbons (Fsp3) is 0.500. The summed E-state index contributed by atoms with van der Waals surface area (Å²) in [4.78, 5) is 26.4. The predicted octanol–water partition coefficient (Wildman–Crippen LogP) is 0.938. The summed E-state index contributed by atoms with van der Waals surface area (Å²) >= 11 is 0. The van der Waals surface area contributed by atoms with Crippen molar-refractivity contribution >= 4 is 11.8 Å². The lowest BCUT2D eigenvalue weighted by molar-refractivity contribution is -0.137. The minimum atomic E-state index is -0.761. The van der Waals surface area contributed by atoms with Gasteiger partial charge in [0.1, 0.15) is 12.3 Å². The van der Waals surface area contributed by atoms with Gasteiger partial charge < -0.3 is 15.3 Å². The van der Waals surface area contributed by atoms with Crippen LogP contribution in [-0.4, -0.2) is 34.1 Å². The van der Waals surface area contributed by atoms with Crippen molar-refractivity contribution < 1.29 is 14.7 Å². The maximum Gasteiger partial charge on any atom is 0.255 e. The second kappa shape index (κ2) is 4.07. The highest BCUT2D eigenvalue weighted by Gasteiger charge is 2.56. The first kappa shape index (κ1) is 12.8. The maximum atomic E-state index is 12.5. The highest BCUT2D eigenvalue weighted by atomic mass is 16.3. The zero-order valence-corrected chi connectivity index (χ0v) is 11.9. The number of nitrogens with one attached hydrogen (secondary N) is 1. The minimum Gasteiger partial charge on any atom is -0.373 e. The van der Waals surface area contributed by atoms with Crippen LogP contribution in [0.1, 0.15) is 40.7 Å². The third kappa shape index (κ3) is 1.80. The fourth-order valence-corrected chi connectivity index (χ4v) is 3.59. The number of carbonyl (C=O) groups excluding carboxylic acids is 2. The number of fused-ring (bicyclic) bond motifs is 1. The molecule has 2 heterocycles. The zero-order chi connectivity index (χ0) is 14.8. The summed E-state index contributed by atoms with van der Waals surface area (Å²) in [6, 6.07) is 5.31. The standard InChI is InChI=1S/C16H18N2O3/c1-9-2-3-11-10(6-9)8-18(14(11)20)12-7-16(4-5-16)15(21)17-13(12)19/h2-3,6,12,15,21H,4-5,7-8H2,1H3,(H,17,19). The lowest BCUT2D eigenvalue weighted by Crippen LogP contribution is -2.58. The summed E-state index contributed by atoms with van der Waals surface area (Å²) in [6.07, 6.45) is 1.64. The zero-order valence-electron chi connectivity index (χ0n) is 11.9. The third-order valence-electron chi connectivity index (χ3n) is 5.12. The molecule has 1 aliphatic carbocycles. The molecule has 2 amide bonds. The second-order valence-corrected chi connectivity index (χ2v) is 6.59. The molecule has 1 saturated heterocycles. The molecule has 0 radical (unpaired) electrons. The van der Waals surface area contributed by atoms with Crippen LogP contribution < -0.4 is 5.32 Å². The van der Waals surface area contributed by atoms with Gasteiger partial charge >= 0.3 is 0 Å². The largest absolute Gasteiger partial charge is 0.373 e. The number of aryl methyl sites for hydroxylation is 1. The smallest absolute Gasteiger partial charge is 0.255 e. The monoisotopic (exact) mass is 286 g/mol. The van der Waals surface area contributed by atoms with E-state index < -0.39 is 12.3 Å². The molecule has 1 spiro atoms. The molecule has 2 atom stereocenters. The van der Waals surface area contributed by atoms with E-state index in [1.807, 2.05) is 25.1 Å². The average Bonchev–Trinajstić information content (AvgIpc) is 3.15. The molecule has 110 valence electrons. The SMILES string of the molecule is Cc1ccc2c(c1)CN(C1CC3(CC3)C(O)NC1=O)C2=O. The molecule has 1 aromatic rings. The number of carbonyl (C=O) groups is 2. The molecular formula is C16H18N2O3. The van der Waals surface area contributed by atoms with Crippen molar-refractivity contribution in [1.82, 2.24) is 10.2 Å². The van der Waals surface area contributed by atoms with Gasteiger partial charge in [-0.3, -0.25) is 9.59 Å². The Morgan fingerprint density at radius 3 is 2.81 bits per heavy atom. The highest BCUT2D eigenvalue weighted by Crippen LogP contribution is 2.54. The first-order valence-electron chi connectivity index (χ1n) is 7.39. The molecule has 2 unspecified atom stereocenters. The lowest BCUT2D eigenvalue weighted by Gasteiger charge is -2.37. The van der Waals surface area contributed by atoms with Crippen molar-refractivity contribution in [3.8, 4) is 0 Å². The molecule has 3 aliphatic rings. The molecule has 21 heavy (non-hydrogen) atoms. The van der Waals surface area contributed by atoms with Crippen molar-refractivity contribution in [3.63, 3.8) is 0 Å². The topological polar surface area (TPSA) is 69.6 Å². The number of benzene rings is 1. The van der Waals surface area contributed by atoms with E-state index in [0.717, 1.165) is 24.0 Å². The summed E-state index contributed by atoms with van der Waals surface area (Å²) in [5.74, 6) is -0.310. The van der Waals surface area contributed by atoms with Gasteiger partial charge in [0.05, 0.1) is 0 Å². The van der Waals surface area contributed by atoms with E-state index in [2.05, 4.69) is 5.32 Å². The van der Waals surface area contributed by atoms with E-state index in [4.69, 9.17) is 0 Å². The van der Waals surface area contributed by atoms with Crippen LogP contribution in [0.5, 0.6) is 0 Å². The molecule has 5 heteroatoms. The van der Waals surface area contributed by atoms with Gasteiger partial charge in [-0.15, -0.1) is 0 Å². The fourth-order valence-electron chi connectivity index (χ4n) is 3.59. The van der Waals surface area contributed by atoms with E-state index >= 15 is 0 Å². The Morgan fingerprint density at radius 2 is 2.10 bits per heavy atom. The van der Waals surface area contributed by atoms with Gasteiger partial charge in [0.2, 0.25) is 5.91 Å². The van der Waals surface area contributed by atoms with Gasteiger partial charge in [-0.2, -0.15) is 0 Å². The number of piperidine rings is 1. The number of rotatable bonds is 1. The van der Waals surface area contributed by atoms with Gasteiger partial charge in [-0.25, -0.2) is 0 Å². The number of hydrogen-bond donors (Lipinski definition) is 2. The van der Waals surface area contributed by atoms with Crippen LogP contribution >= 0.6 is 0 Å². The summed E-state index contributed by atoms with van der Waals surface area (Å²) in [5.41, 5.74) is 2.60. The van der Waals surface area contributed by atoms with Gasteiger partial charge in [0.25, 0.3) is 5.91 Å². The van der Waals surface area contributed by atoms with Crippen molar-refractivity contribution in [2.75, 3.05) is 0 Å². The Morgan fingerprint density at radius 1 is 1.33 bits per heavy atom. The van der Waals surface area contributed by atoms with Crippen LogP contribution in [-0.2, 0) is 11.3 Å². The Kier molecular flexibility index (Phi) is 2.49. The van der Waals surface area contributed by atoms with Gasteiger partial charge in [-0.1, -0.05) is 17.7 Å². The van der Waals surface area contributed by atoms with Crippen LogP contribution in [0.15, 0.2) is 18.2 Å². The number of aliphatic hydroxyl groups is 1. The van der Waals surface area contributed by atoms with E-state index in [9.17, 15) is 14.7 Å². The van der Waals surface area contributed by atoms with Gasteiger partial charge in [0.15, 0.2) is 0 Å². The highest BCUT2D eigenvalue weighted by molar-refractivity contribution is 6.01. The van der Waals surface area contributed by atoms with E-state index in [0.29, 0.717) is 18.5 Å². The Bertz CT molecular complexity index is 651. The second-order valence-electron chi connectivity index (χ2n) is 6.59. The molecule has 4 rings (SSSR count). The quantitative estimate of drug-likeness (QED) is 0.807. The number of nitrogens with zero attached hydrogens (tertiary/aromatic N) is 1. The van der Waals surface area contributed by atoms with Crippen molar-refractivity contribution in [3.05, 3.63) is 34.9 Å². The number of hydrogen-bond acceptors (Lipinski definition) is 3. The van der Waals surface area contributed by atoms with E-state index in [-0.39, 0.29) is 17.2 Å². The first-order valence-corrected chi connectivity index (χ1v) is 7.39. The first-order chi connectivity index (χ1) is 10.00. The van der Waals surface area contributed by atoms with Crippen molar-refractivity contribution in [2.45, 2.75) is 45.0 Å². The molecule has 0 aromatic heterocycles. The predicted molar refractivity (Wildman–Crippen MR) is 75.3 cm³/mol. The molecule has 2 fully saturated rings. The molecule has 0 bridgehead atoms. The number of amides is 2. The van der Waals surface area contributed by atoms with Crippen LogP contribution in [0.2, 0.25) is 0 Å². The van der Waals surface area contributed by atoms with Gasteiger partial charge in [0, 0.05) is 17.5 Å². The molecule has 1 aromatic carbocycles. The normalized spacial score (nSPS) is 29.5. The summed E-state index contributed by atoms with van der Waals surface area (Å²) < 4.78 is 0. The molecular weight excluding hydrogens is 268 g/mol. The van der Waals surface area contributed by atoms with Crippen LogP contribution in [0.25, 0.3) is 0 Å². The summed E-state index contributed by atoms with van der Waals surface area (Å²) in [5, 5.41) is 12.6. The number of aliphatic hydroxyl groups excluding tert-OH is 1. The molecule has 2 aliphatic heterocycles. The van der Waals surface area contributed by atoms with Crippen molar-refractivity contribution in [2.24, 2.45) is 5.41 Å². The van der Waals surface area contributed by atoms with E-state index in [1.54, 1.807) is 4.90 Å². The average molecular weight is 286 g/mol. The molecule has 2 N–H and O–H groups in total. The lowest BCUT2D eigenvalue weighted by atomic mass is 9.89. The summed E-state index contributed by atoms with van der Waals surface area (Å²) in [6.45, 7) is 2.48. The molecule has 1 saturated carbocycles. The van der Waals surface area contributed by atoms with Crippen LogP contribution in [0, 0.1) is 12.3 Å². The molecule has 5 nitrogen and oxygen atoms in total. The van der Waals surface area contributed by atoms with Crippen molar-refractivity contribution in [1.29, 1.82) is 0 Å². The Labute approximate surface area is 122 Å². The van der Waals surface area contributed by atoms with Crippen LogP contribution in [0.3, 0.4) is 0 Å². The third-order valence-corrected chi connectivity index (χ3v) is 5.12. The van der Waals surface area contributed by atoms with Crippen LogP contribution in [0.4, 0.5) is 0 Å². The Balaban J connectivity index is 1.63. The van der Waals surface area contributed by atoms with Gasteiger partial charge in [-0.05, 0) is 37.8 Å². The maximum absolute atomic E-state index is 12.5. The van der Waals surface area contributed by atoms with E-state index in [1.165, 1.54) is 0 Å². The minimum absolute atomic E-state index is 0.0719. The Hall–Kier alpha value is -1.88.